The van der Waals surface area contributed by atoms with E-state index in [2.05, 4.69) is 29.0 Å². The third-order valence-electron chi connectivity index (χ3n) is 3.76. The van der Waals surface area contributed by atoms with E-state index in [9.17, 15) is 0 Å². The summed E-state index contributed by atoms with van der Waals surface area (Å²) in [4.78, 5) is 6.78. The van der Waals surface area contributed by atoms with E-state index in [1.807, 2.05) is 12.3 Å². The highest BCUT2D eigenvalue weighted by Crippen LogP contribution is 2.25. The molecular weight excluding hydrogens is 286 g/mol. The molecule has 118 valence electrons. The van der Waals surface area contributed by atoms with Gasteiger partial charge in [0.25, 0.3) is 0 Å². The van der Waals surface area contributed by atoms with Crippen molar-refractivity contribution in [1.82, 2.24) is 10.3 Å². The van der Waals surface area contributed by atoms with Gasteiger partial charge in [-0.3, -0.25) is 0 Å². The minimum absolute atomic E-state index is 0.314. The second-order valence-electron chi connectivity index (χ2n) is 5.50. The second kappa shape index (κ2) is 8.57. The molecule has 0 aromatic carbocycles. The van der Waals surface area contributed by atoms with Gasteiger partial charge >= 0.3 is 0 Å². The second-order valence-corrected chi connectivity index (χ2v) is 5.91. The van der Waals surface area contributed by atoms with E-state index in [1.54, 1.807) is 0 Å². The molecule has 0 spiro atoms. The Morgan fingerprint density at radius 1 is 1.48 bits per heavy atom. The molecule has 0 bridgehead atoms. The monoisotopic (exact) mass is 311 g/mol. The van der Waals surface area contributed by atoms with Gasteiger partial charge in [-0.1, -0.05) is 18.5 Å². The quantitative estimate of drug-likeness (QED) is 0.748. The van der Waals surface area contributed by atoms with Crippen LogP contribution in [-0.4, -0.2) is 37.3 Å². The van der Waals surface area contributed by atoms with Crippen LogP contribution >= 0.6 is 11.6 Å². The van der Waals surface area contributed by atoms with Crippen molar-refractivity contribution < 1.29 is 4.74 Å². The van der Waals surface area contributed by atoms with Crippen molar-refractivity contribution in [3.05, 3.63) is 22.8 Å². The van der Waals surface area contributed by atoms with Gasteiger partial charge in [-0.15, -0.1) is 0 Å². The van der Waals surface area contributed by atoms with Crippen LogP contribution in [0.25, 0.3) is 0 Å². The first-order valence-corrected chi connectivity index (χ1v) is 8.34. The molecule has 1 fully saturated rings. The van der Waals surface area contributed by atoms with Crippen molar-refractivity contribution in [2.24, 2.45) is 0 Å². The van der Waals surface area contributed by atoms with E-state index in [0.29, 0.717) is 6.10 Å². The Morgan fingerprint density at radius 2 is 2.33 bits per heavy atom. The molecule has 1 aliphatic heterocycles. The first-order chi connectivity index (χ1) is 10.2. The summed E-state index contributed by atoms with van der Waals surface area (Å²) in [5.41, 5.74) is 1.13. The van der Waals surface area contributed by atoms with E-state index in [4.69, 9.17) is 16.3 Å². The minimum Gasteiger partial charge on any atom is -0.376 e. The topological polar surface area (TPSA) is 37.4 Å². The molecule has 0 amide bonds. The summed E-state index contributed by atoms with van der Waals surface area (Å²) < 4.78 is 5.71. The first kappa shape index (κ1) is 16.5. The number of halogens is 1. The number of rotatable bonds is 8. The zero-order valence-electron chi connectivity index (χ0n) is 13.1. The Balaban J connectivity index is 1.99. The number of anilines is 1. The van der Waals surface area contributed by atoms with Gasteiger partial charge in [-0.05, 0) is 44.4 Å². The average molecular weight is 312 g/mol. The van der Waals surface area contributed by atoms with Gasteiger partial charge in [-0.25, -0.2) is 4.98 Å². The van der Waals surface area contributed by atoms with Crippen LogP contribution in [0.2, 0.25) is 5.02 Å². The predicted octanol–water partition coefficient (Wildman–Crippen LogP) is 3.24. The molecule has 0 aliphatic carbocycles. The minimum atomic E-state index is 0.314. The normalized spacial score (nSPS) is 18.1. The largest absolute Gasteiger partial charge is 0.376 e. The zero-order valence-corrected chi connectivity index (χ0v) is 13.8. The summed E-state index contributed by atoms with van der Waals surface area (Å²) in [7, 11) is 0. The van der Waals surface area contributed by atoms with Crippen molar-refractivity contribution in [3.63, 3.8) is 0 Å². The van der Waals surface area contributed by atoms with Crippen LogP contribution in [-0.2, 0) is 11.3 Å². The van der Waals surface area contributed by atoms with Crippen LogP contribution in [0, 0.1) is 0 Å². The average Bonchev–Trinajstić information content (AvgIpc) is 2.99. The van der Waals surface area contributed by atoms with E-state index >= 15 is 0 Å². The molecule has 1 N–H and O–H groups in total. The molecule has 1 unspecified atom stereocenters. The molecule has 0 radical (unpaired) electrons. The summed E-state index contributed by atoms with van der Waals surface area (Å²) >= 11 is 6.43. The number of aromatic nitrogens is 1. The van der Waals surface area contributed by atoms with Gasteiger partial charge in [-0.2, -0.15) is 0 Å². The summed E-state index contributed by atoms with van der Waals surface area (Å²) in [6.07, 6.45) is 5.65. The Hall–Kier alpha value is -0.840. The molecule has 1 atom stereocenters. The number of likely N-dealkylation sites (N-methyl/N-ethyl adjacent to an activating group) is 1. The molecule has 2 rings (SSSR count). The lowest BCUT2D eigenvalue weighted by Crippen LogP contribution is -2.33. The number of hydrogen-bond donors (Lipinski definition) is 1. The van der Waals surface area contributed by atoms with Crippen LogP contribution in [0.1, 0.15) is 38.7 Å². The SMILES string of the molecule is CCCNCc1cnc(N(CC)CC2CCCO2)c(Cl)c1. The fourth-order valence-electron chi connectivity index (χ4n) is 2.61. The lowest BCUT2D eigenvalue weighted by Gasteiger charge is -2.26. The fourth-order valence-corrected chi connectivity index (χ4v) is 2.92. The van der Waals surface area contributed by atoms with E-state index in [-0.39, 0.29) is 0 Å². The van der Waals surface area contributed by atoms with Crippen LogP contribution in [0.15, 0.2) is 12.3 Å². The van der Waals surface area contributed by atoms with Crippen LogP contribution in [0.3, 0.4) is 0 Å². The summed E-state index contributed by atoms with van der Waals surface area (Å²) in [5, 5.41) is 4.10. The third-order valence-corrected chi connectivity index (χ3v) is 4.04. The van der Waals surface area contributed by atoms with E-state index in [0.717, 1.165) is 68.5 Å². The summed E-state index contributed by atoms with van der Waals surface area (Å²) in [6.45, 7) is 8.76. The number of nitrogens with one attached hydrogen (secondary N) is 1. The number of nitrogens with zero attached hydrogens (tertiary/aromatic N) is 2. The maximum Gasteiger partial charge on any atom is 0.147 e. The summed E-state index contributed by atoms with van der Waals surface area (Å²) in [6, 6.07) is 2.02. The molecule has 1 aliphatic rings. The Labute approximate surface area is 132 Å². The Bertz CT molecular complexity index is 436. The lowest BCUT2D eigenvalue weighted by atomic mass is 10.2. The van der Waals surface area contributed by atoms with Crippen LogP contribution in [0.5, 0.6) is 0 Å². The standard InChI is InChI=1S/C16H26ClN3O/c1-3-7-18-10-13-9-15(17)16(19-11-13)20(4-2)12-14-6-5-8-21-14/h9,11,14,18H,3-8,10,12H2,1-2H3. The van der Waals surface area contributed by atoms with Gasteiger partial charge in [0.2, 0.25) is 0 Å². The smallest absolute Gasteiger partial charge is 0.147 e. The molecule has 21 heavy (non-hydrogen) atoms. The zero-order chi connectivity index (χ0) is 15.1. The van der Waals surface area contributed by atoms with Crippen molar-refractivity contribution >= 4 is 17.4 Å². The van der Waals surface area contributed by atoms with Crippen molar-refractivity contribution in [3.8, 4) is 0 Å². The summed E-state index contributed by atoms with van der Waals surface area (Å²) in [5.74, 6) is 0.869. The van der Waals surface area contributed by atoms with Crippen LogP contribution in [0.4, 0.5) is 5.82 Å². The van der Waals surface area contributed by atoms with Gasteiger partial charge in [0.15, 0.2) is 0 Å². The molecule has 1 aromatic rings. The van der Waals surface area contributed by atoms with Gasteiger partial charge in [0.1, 0.15) is 5.82 Å². The third kappa shape index (κ3) is 4.83. The molecular formula is C16H26ClN3O. The number of ether oxygens (including phenoxy) is 1. The maximum atomic E-state index is 6.43. The first-order valence-electron chi connectivity index (χ1n) is 7.96. The predicted molar refractivity (Wildman–Crippen MR) is 88.1 cm³/mol. The highest BCUT2D eigenvalue weighted by atomic mass is 35.5. The molecule has 1 aromatic heterocycles. The van der Waals surface area contributed by atoms with Crippen molar-refractivity contribution in [2.75, 3.05) is 31.1 Å². The van der Waals surface area contributed by atoms with Gasteiger partial charge in [0.05, 0.1) is 11.1 Å². The van der Waals surface area contributed by atoms with Crippen molar-refractivity contribution in [1.29, 1.82) is 0 Å². The van der Waals surface area contributed by atoms with Gasteiger partial charge < -0.3 is 15.0 Å². The molecule has 2 heterocycles. The highest BCUT2D eigenvalue weighted by Gasteiger charge is 2.20. The van der Waals surface area contributed by atoms with Gasteiger partial charge in [0, 0.05) is 32.4 Å². The van der Waals surface area contributed by atoms with Crippen LogP contribution < -0.4 is 10.2 Å². The Morgan fingerprint density at radius 3 is 2.95 bits per heavy atom. The van der Waals surface area contributed by atoms with E-state index in [1.165, 1.54) is 0 Å². The number of pyridine rings is 1. The fraction of sp³-hybridized carbons (Fsp3) is 0.688. The molecule has 4 nitrogen and oxygen atoms in total. The number of hydrogen-bond acceptors (Lipinski definition) is 4. The van der Waals surface area contributed by atoms with E-state index < -0.39 is 0 Å². The lowest BCUT2D eigenvalue weighted by molar-refractivity contribution is 0.115. The molecule has 5 heteroatoms. The molecule has 0 saturated carbocycles. The van der Waals surface area contributed by atoms with Crippen molar-refractivity contribution in [2.45, 2.75) is 45.8 Å². The molecule has 1 saturated heterocycles. The highest BCUT2D eigenvalue weighted by molar-refractivity contribution is 6.33. The Kier molecular flexibility index (Phi) is 6.74. The maximum absolute atomic E-state index is 6.43.